The van der Waals surface area contributed by atoms with Crippen molar-refractivity contribution in [3.63, 3.8) is 0 Å². The minimum Gasteiger partial charge on any atom is -0.493 e. The molecule has 1 aliphatic rings. The van der Waals surface area contributed by atoms with Crippen molar-refractivity contribution in [2.45, 2.75) is 31.6 Å². The van der Waals surface area contributed by atoms with Crippen molar-refractivity contribution >= 4 is 5.91 Å². The predicted molar refractivity (Wildman–Crippen MR) is 104 cm³/mol. The molecule has 1 heterocycles. The monoisotopic (exact) mass is 433 g/mol. The summed E-state index contributed by atoms with van der Waals surface area (Å²) in [4.78, 5) is 14.8. The van der Waals surface area contributed by atoms with E-state index in [2.05, 4.69) is 5.10 Å². The van der Waals surface area contributed by atoms with Crippen LogP contribution in [0.15, 0.2) is 54.7 Å². The molecule has 1 aromatic heterocycles. The average molecular weight is 433 g/mol. The largest absolute Gasteiger partial charge is 0.493 e. The average Bonchev–Trinajstić information content (AvgIpc) is 3.49. The summed E-state index contributed by atoms with van der Waals surface area (Å²) in [5, 5.41) is 4.21. The Labute approximate surface area is 175 Å². The lowest BCUT2D eigenvalue weighted by Crippen LogP contribution is -2.33. The maximum absolute atomic E-state index is 14.1. The van der Waals surface area contributed by atoms with Crippen LogP contribution in [0, 0.1) is 5.82 Å². The van der Waals surface area contributed by atoms with Crippen molar-refractivity contribution in [3.05, 3.63) is 77.4 Å². The third-order valence-electron chi connectivity index (χ3n) is 5.09. The van der Waals surface area contributed by atoms with Gasteiger partial charge in [0.2, 0.25) is 0 Å². The van der Waals surface area contributed by atoms with E-state index in [0.29, 0.717) is 5.56 Å². The number of benzene rings is 2. The number of alkyl halides is 3. The number of carbonyl (C=O) groups excluding carboxylic acids is 1. The molecular weight excluding hydrogens is 414 g/mol. The van der Waals surface area contributed by atoms with Gasteiger partial charge < -0.3 is 9.64 Å². The van der Waals surface area contributed by atoms with E-state index >= 15 is 0 Å². The smallest absolute Gasteiger partial charge is 0.416 e. The van der Waals surface area contributed by atoms with Gasteiger partial charge in [0.1, 0.15) is 5.82 Å². The topological polar surface area (TPSA) is 47.4 Å². The fourth-order valence-electron chi connectivity index (χ4n) is 3.31. The normalized spacial score (nSPS) is 13.8. The number of aromatic nitrogens is 2. The molecule has 1 amide bonds. The standard InChI is InChI=1S/C22H19F4N3O2/c1-31-19-13-29(17-7-4-6-15(11-17)22(24,25)26)27-20(19)21(30)28(16-9-10-16)12-14-5-2-3-8-18(14)23/h2-8,11,13,16H,9-10,12H2,1H3. The molecule has 0 unspecified atom stereocenters. The van der Waals surface area contributed by atoms with Crippen LogP contribution in [0.4, 0.5) is 17.6 Å². The molecule has 31 heavy (non-hydrogen) atoms. The van der Waals surface area contributed by atoms with E-state index < -0.39 is 23.5 Å². The molecule has 0 radical (unpaired) electrons. The molecule has 1 fully saturated rings. The number of amides is 1. The summed E-state index contributed by atoms with van der Waals surface area (Å²) in [7, 11) is 1.35. The van der Waals surface area contributed by atoms with E-state index in [0.717, 1.165) is 25.0 Å². The highest BCUT2D eigenvalue weighted by atomic mass is 19.4. The minimum absolute atomic E-state index is 0.0387. The summed E-state index contributed by atoms with van der Waals surface area (Å²) < 4.78 is 59.7. The number of methoxy groups -OCH3 is 1. The zero-order chi connectivity index (χ0) is 22.2. The van der Waals surface area contributed by atoms with Gasteiger partial charge in [0.15, 0.2) is 11.4 Å². The van der Waals surface area contributed by atoms with Gasteiger partial charge in [0.25, 0.3) is 5.91 Å². The Morgan fingerprint density at radius 2 is 1.94 bits per heavy atom. The van der Waals surface area contributed by atoms with Gasteiger partial charge in [-0.1, -0.05) is 24.3 Å². The molecule has 5 nitrogen and oxygen atoms in total. The van der Waals surface area contributed by atoms with Crippen LogP contribution in [0.1, 0.15) is 34.5 Å². The summed E-state index contributed by atoms with van der Waals surface area (Å²) >= 11 is 0. The van der Waals surface area contributed by atoms with Gasteiger partial charge in [0.05, 0.1) is 24.6 Å². The summed E-state index contributed by atoms with van der Waals surface area (Å²) in [6.07, 6.45) is -1.57. The molecule has 2 aromatic carbocycles. The van der Waals surface area contributed by atoms with Gasteiger partial charge in [-0.15, -0.1) is 0 Å². The summed E-state index contributed by atoms with van der Waals surface area (Å²) in [5.74, 6) is -0.752. The first-order valence-corrected chi connectivity index (χ1v) is 9.63. The molecule has 4 rings (SSSR count). The number of nitrogens with zero attached hydrogens (tertiary/aromatic N) is 3. The summed E-state index contributed by atoms with van der Waals surface area (Å²) in [6, 6.07) is 10.8. The first-order chi connectivity index (χ1) is 14.8. The molecule has 3 aromatic rings. The first kappa shape index (κ1) is 20.9. The maximum Gasteiger partial charge on any atom is 0.416 e. The van der Waals surface area contributed by atoms with Crippen LogP contribution in [0.5, 0.6) is 5.75 Å². The predicted octanol–water partition coefficient (Wildman–Crippen LogP) is 4.84. The number of hydrogen-bond donors (Lipinski definition) is 0. The highest BCUT2D eigenvalue weighted by Crippen LogP contribution is 2.33. The van der Waals surface area contributed by atoms with Gasteiger partial charge in [-0.25, -0.2) is 9.07 Å². The van der Waals surface area contributed by atoms with Crippen LogP contribution in [0.3, 0.4) is 0 Å². The van der Waals surface area contributed by atoms with Gasteiger partial charge in [-0.2, -0.15) is 18.3 Å². The van der Waals surface area contributed by atoms with E-state index in [1.54, 1.807) is 18.2 Å². The van der Waals surface area contributed by atoms with E-state index in [4.69, 9.17) is 4.74 Å². The van der Waals surface area contributed by atoms with Crippen LogP contribution < -0.4 is 4.74 Å². The van der Waals surface area contributed by atoms with E-state index in [9.17, 15) is 22.4 Å². The van der Waals surface area contributed by atoms with E-state index in [-0.39, 0.29) is 29.7 Å². The van der Waals surface area contributed by atoms with E-state index in [1.165, 1.54) is 41.1 Å². The van der Waals surface area contributed by atoms with Crippen molar-refractivity contribution in [1.29, 1.82) is 0 Å². The highest BCUT2D eigenvalue weighted by molar-refractivity contribution is 5.95. The van der Waals surface area contributed by atoms with Crippen molar-refractivity contribution in [2.24, 2.45) is 0 Å². The second-order valence-corrected chi connectivity index (χ2v) is 7.29. The number of halogens is 4. The molecule has 0 atom stereocenters. The zero-order valence-corrected chi connectivity index (χ0v) is 16.6. The maximum atomic E-state index is 14.1. The lowest BCUT2D eigenvalue weighted by atomic mass is 10.2. The van der Waals surface area contributed by atoms with Crippen molar-refractivity contribution in [2.75, 3.05) is 7.11 Å². The molecule has 162 valence electrons. The lowest BCUT2D eigenvalue weighted by Gasteiger charge is -2.22. The number of carbonyl (C=O) groups is 1. The zero-order valence-electron chi connectivity index (χ0n) is 16.6. The summed E-state index contributed by atoms with van der Waals surface area (Å²) in [6.45, 7) is 0.0652. The molecule has 0 bridgehead atoms. The Hall–Kier alpha value is -3.36. The van der Waals surface area contributed by atoms with Gasteiger partial charge in [-0.05, 0) is 37.1 Å². The molecule has 1 aliphatic carbocycles. The van der Waals surface area contributed by atoms with Crippen LogP contribution in [-0.4, -0.2) is 33.7 Å². The molecule has 1 saturated carbocycles. The highest BCUT2D eigenvalue weighted by Gasteiger charge is 2.36. The Balaban J connectivity index is 1.67. The SMILES string of the molecule is COc1cn(-c2cccc(C(F)(F)F)c2)nc1C(=O)N(Cc1ccccc1F)C1CC1. The van der Waals surface area contributed by atoms with Crippen molar-refractivity contribution in [1.82, 2.24) is 14.7 Å². The van der Waals surface area contributed by atoms with Gasteiger partial charge in [-0.3, -0.25) is 4.79 Å². The van der Waals surface area contributed by atoms with Crippen LogP contribution in [-0.2, 0) is 12.7 Å². The quantitative estimate of drug-likeness (QED) is 0.523. The molecule has 0 aliphatic heterocycles. The fourth-order valence-corrected chi connectivity index (χ4v) is 3.31. The van der Waals surface area contributed by atoms with Crippen molar-refractivity contribution in [3.8, 4) is 11.4 Å². The number of rotatable bonds is 6. The third-order valence-corrected chi connectivity index (χ3v) is 5.09. The van der Waals surface area contributed by atoms with Gasteiger partial charge >= 0.3 is 6.18 Å². The Kier molecular flexibility index (Phi) is 5.43. The Morgan fingerprint density at radius 3 is 2.58 bits per heavy atom. The van der Waals surface area contributed by atoms with E-state index in [1.807, 2.05) is 0 Å². The lowest BCUT2D eigenvalue weighted by molar-refractivity contribution is -0.137. The molecular formula is C22H19F4N3O2. The second kappa shape index (κ2) is 8.05. The fraction of sp³-hybridized carbons (Fsp3) is 0.273. The van der Waals surface area contributed by atoms with Crippen molar-refractivity contribution < 1.29 is 27.1 Å². The third kappa shape index (κ3) is 4.40. The second-order valence-electron chi connectivity index (χ2n) is 7.29. The first-order valence-electron chi connectivity index (χ1n) is 9.63. The van der Waals surface area contributed by atoms with Crippen LogP contribution >= 0.6 is 0 Å². The molecule has 0 N–H and O–H groups in total. The Morgan fingerprint density at radius 1 is 1.19 bits per heavy atom. The number of ether oxygens (including phenoxy) is 1. The Bertz CT molecular complexity index is 1110. The molecule has 9 heteroatoms. The van der Waals surface area contributed by atoms with Crippen LogP contribution in [0.25, 0.3) is 5.69 Å². The molecule has 0 saturated heterocycles. The minimum atomic E-state index is -4.51. The molecule has 0 spiro atoms. The number of hydrogen-bond acceptors (Lipinski definition) is 3. The summed E-state index contributed by atoms with van der Waals surface area (Å²) in [5.41, 5.74) is -0.354. The van der Waals surface area contributed by atoms with Crippen LogP contribution in [0.2, 0.25) is 0 Å². The van der Waals surface area contributed by atoms with Gasteiger partial charge in [0, 0.05) is 18.2 Å².